The largest absolute Gasteiger partial charge is 0.440 e. The van der Waals surface area contributed by atoms with E-state index < -0.39 is 35.6 Å². The van der Waals surface area contributed by atoms with Crippen molar-refractivity contribution in [2.24, 2.45) is 11.8 Å². The summed E-state index contributed by atoms with van der Waals surface area (Å²) in [5, 5.41) is 9.48. The van der Waals surface area contributed by atoms with E-state index in [1.54, 1.807) is 18.2 Å². The van der Waals surface area contributed by atoms with Gasteiger partial charge in [0.15, 0.2) is 0 Å². The Morgan fingerprint density at radius 2 is 1.72 bits per heavy atom. The molecule has 2 aromatic carbocycles. The fourth-order valence-corrected chi connectivity index (χ4v) is 6.51. The predicted molar refractivity (Wildman–Crippen MR) is 167 cm³/mol. The van der Waals surface area contributed by atoms with Crippen LogP contribution in [0.5, 0.6) is 0 Å². The third-order valence-corrected chi connectivity index (χ3v) is 9.20. The maximum atomic E-state index is 13.6. The van der Waals surface area contributed by atoms with E-state index in [2.05, 4.69) is 16.0 Å². The van der Waals surface area contributed by atoms with Crippen LogP contribution >= 0.6 is 23.2 Å². The predicted octanol–water partition coefficient (Wildman–Crippen LogP) is 6.29. The van der Waals surface area contributed by atoms with Gasteiger partial charge in [0, 0.05) is 27.9 Å². The Morgan fingerprint density at radius 3 is 2.35 bits per heavy atom. The van der Waals surface area contributed by atoms with Crippen molar-refractivity contribution in [2.75, 3.05) is 6.54 Å². The van der Waals surface area contributed by atoms with E-state index in [1.165, 1.54) is 0 Å². The number of carbonyl (C=O) groups excluding carboxylic acids is 4. The minimum atomic E-state index is -0.907. The van der Waals surface area contributed by atoms with E-state index in [-0.39, 0.29) is 24.2 Å². The van der Waals surface area contributed by atoms with Gasteiger partial charge in [-0.3, -0.25) is 9.59 Å². The molecule has 1 saturated carbocycles. The molecular weight excluding hydrogens is 589 g/mol. The van der Waals surface area contributed by atoms with Crippen LogP contribution in [-0.2, 0) is 24.5 Å². The lowest BCUT2D eigenvalue weighted by atomic mass is 9.76. The molecule has 3 N–H and O–H groups in total. The minimum absolute atomic E-state index is 0.114. The molecule has 0 aromatic heterocycles. The summed E-state index contributed by atoms with van der Waals surface area (Å²) >= 11 is 12.5. The summed E-state index contributed by atoms with van der Waals surface area (Å²) in [6.07, 6.45) is 5.66. The van der Waals surface area contributed by atoms with Crippen LogP contribution in [0.15, 0.2) is 48.5 Å². The topological polar surface area (TPSA) is 114 Å². The van der Waals surface area contributed by atoms with Crippen molar-refractivity contribution in [1.29, 1.82) is 0 Å². The molecule has 4 atom stereocenters. The lowest BCUT2D eigenvalue weighted by molar-refractivity contribution is -0.127. The van der Waals surface area contributed by atoms with E-state index >= 15 is 0 Å². The zero-order chi connectivity index (χ0) is 31.0. The van der Waals surface area contributed by atoms with E-state index in [1.807, 2.05) is 44.2 Å². The van der Waals surface area contributed by atoms with Gasteiger partial charge in [0.2, 0.25) is 11.8 Å². The number of hydrogen-bond donors (Lipinski definition) is 3. The van der Waals surface area contributed by atoms with Gasteiger partial charge in [-0.15, -0.1) is 0 Å². The zero-order valence-corrected chi connectivity index (χ0v) is 26.3. The number of rotatable bonds is 12. The van der Waals surface area contributed by atoms with E-state index in [0.29, 0.717) is 35.7 Å². The first-order chi connectivity index (χ1) is 20.6. The summed E-state index contributed by atoms with van der Waals surface area (Å²) < 4.78 is 6.12. The molecule has 2 aliphatic rings. The number of alkyl carbamates (subject to hydrolysis) is 1. The van der Waals surface area contributed by atoms with Crippen LogP contribution in [0.4, 0.5) is 4.79 Å². The van der Waals surface area contributed by atoms with Crippen LogP contribution in [0, 0.1) is 11.8 Å². The average Bonchev–Trinajstić information content (AvgIpc) is 3.40. The molecular formula is C33H41Cl2N3O5. The van der Waals surface area contributed by atoms with Gasteiger partial charge in [-0.05, 0) is 60.6 Å². The molecule has 1 heterocycles. The van der Waals surface area contributed by atoms with Gasteiger partial charge in [0.05, 0.1) is 6.04 Å². The Kier molecular flexibility index (Phi) is 11.5. The Labute approximate surface area is 263 Å². The van der Waals surface area contributed by atoms with Crippen molar-refractivity contribution in [1.82, 2.24) is 16.0 Å². The maximum Gasteiger partial charge on any atom is 0.408 e. The Hall–Kier alpha value is -3.10. The summed E-state index contributed by atoms with van der Waals surface area (Å²) in [5.41, 5.74) is 0.893. The molecule has 1 saturated heterocycles. The summed E-state index contributed by atoms with van der Waals surface area (Å²) in [6, 6.07) is 12.8. The summed E-state index contributed by atoms with van der Waals surface area (Å²) in [7, 11) is 0. The van der Waals surface area contributed by atoms with Crippen LogP contribution in [0.1, 0.15) is 82.4 Å². The summed E-state index contributed by atoms with van der Waals surface area (Å²) in [5.74, 6) is -0.651. The van der Waals surface area contributed by atoms with Crippen molar-refractivity contribution < 1.29 is 23.9 Å². The molecule has 0 spiro atoms. The normalized spacial score (nSPS) is 19.5. The summed E-state index contributed by atoms with van der Waals surface area (Å²) in [4.78, 5) is 51.1. The third-order valence-electron chi connectivity index (χ3n) is 8.72. The molecule has 1 aliphatic heterocycles. The highest BCUT2D eigenvalue weighted by Gasteiger charge is 2.38. The van der Waals surface area contributed by atoms with Crippen molar-refractivity contribution >= 4 is 47.4 Å². The second kappa shape index (κ2) is 15.1. The van der Waals surface area contributed by atoms with Gasteiger partial charge in [-0.1, -0.05) is 93.4 Å². The van der Waals surface area contributed by atoms with Gasteiger partial charge >= 0.3 is 6.09 Å². The van der Waals surface area contributed by atoms with Crippen LogP contribution in [0.2, 0.25) is 10.0 Å². The first-order valence-electron chi connectivity index (χ1n) is 15.1. The zero-order valence-electron chi connectivity index (χ0n) is 24.7. The van der Waals surface area contributed by atoms with Crippen molar-refractivity contribution in [3.63, 3.8) is 0 Å². The second-order valence-electron chi connectivity index (χ2n) is 12.3. The Morgan fingerprint density at radius 1 is 1.00 bits per heavy atom. The fourth-order valence-electron chi connectivity index (χ4n) is 6.19. The number of hydrogen-bond acceptors (Lipinski definition) is 5. The quantitative estimate of drug-likeness (QED) is 0.239. The first-order valence-corrected chi connectivity index (χ1v) is 15.8. The molecule has 2 fully saturated rings. The molecule has 3 amide bonds. The smallest absolute Gasteiger partial charge is 0.408 e. The number of carbonyl (C=O) groups is 4. The molecule has 43 heavy (non-hydrogen) atoms. The van der Waals surface area contributed by atoms with Gasteiger partial charge in [-0.25, -0.2) is 4.79 Å². The molecule has 0 bridgehead atoms. The van der Waals surface area contributed by atoms with Crippen LogP contribution in [-0.4, -0.2) is 42.8 Å². The molecule has 1 unspecified atom stereocenters. The molecule has 2 aromatic rings. The van der Waals surface area contributed by atoms with Crippen LogP contribution < -0.4 is 16.0 Å². The van der Waals surface area contributed by atoms with Crippen molar-refractivity contribution in [2.45, 2.75) is 88.8 Å². The monoisotopic (exact) mass is 629 g/mol. The first kappa shape index (κ1) is 32.8. The molecule has 4 rings (SSSR count). The van der Waals surface area contributed by atoms with Gasteiger partial charge in [-0.2, -0.15) is 0 Å². The van der Waals surface area contributed by atoms with Gasteiger partial charge in [0.25, 0.3) is 0 Å². The minimum Gasteiger partial charge on any atom is -0.440 e. The lowest BCUT2D eigenvalue weighted by Crippen LogP contribution is -2.52. The highest BCUT2D eigenvalue weighted by molar-refractivity contribution is 6.30. The molecule has 1 aliphatic carbocycles. The van der Waals surface area contributed by atoms with Gasteiger partial charge < -0.3 is 25.5 Å². The Balaban J connectivity index is 1.54. The molecule has 232 valence electrons. The SMILES string of the molecule is CC(C)(c1cccc(Cl)c1)C(OC(=O)N[C@@H](CC1CCCCC1)C(=O)N[C@H](C=O)C[C@@H]1CCNC1=O)c1ccc(Cl)cc1. The van der Waals surface area contributed by atoms with Crippen molar-refractivity contribution in [3.05, 3.63) is 69.7 Å². The standard InChI is InChI=1S/C33H41Cl2N3O5/c1-33(2,24-9-6-10-26(35)19-24)29(22-11-13-25(34)14-12-22)43-32(42)38-28(17-21-7-4-3-5-8-21)31(41)37-27(20-39)18-23-15-16-36-30(23)40/h6,9-14,19-21,23,27-29H,3-5,7-8,15-18H2,1-2H3,(H,36,40)(H,37,41)(H,38,42)/t23-,27-,28-,29?/m0/s1. The number of aldehydes is 1. The molecule has 10 heteroatoms. The van der Waals surface area contributed by atoms with E-state index in [4.69, 9.17) is 27.9 Å². The molecule has 0 radical (unpaired) electrons. The summed E-state index contributed by atoms with van der Waals surface area (Å²) in [6.45, 7) is 4.48. The van der Waals surface area contributed by atoms with Crippen molar-refractivity contribution in [3.8, 4) is 0 Å². The molecule has 8 nitrogen and oxygen atoms in total. The second-order valence-corrected chi connectivity index (χ2v) is 13.1. The number of halogens is 2. The number of benzene rings is 2. The van der Waals surface area contributed by atoms with Gasteiger partial charge in [0.1, 0.15) is 18.4 Å². The van der Waals surface area contributed by atoms with E-state index in [0.717, 1.165) is 43.2 Å². The average molecular weight is 631 g/mol. The van der Waals surface area contributed by atoms with E-state index in [9.17, 15) is 19.2 Å². The maximum absolute atomic E-state index is 13.6. The van der Waals surface area contributed by atoms with Crippen LogP contribution in [0.25, 0.3) is 0 Å². The lowest BCUT2D eigenvalue weighted by Gasteiger charge is -2.35. The highest BCUT2D eigenvalue weighted by Crippen LogP contribution is 2.41. The number of ether oxygens (including phenoxy) is 1. The number of amides is 3. The van der Waals surface area contributed by atoms with Crippen LogP contribution in [0.3, 0.4) is 0 Å². The fraction of sp³-hybridized carbons (Fsp3) is 0.515. The third kappa shape index (κ3) is 8.96. The Bertz CT molecular complexity index is 1280. The highest BCUT2D eigenvalue weighted by atomic mass is 35.5. The number of nitrogens with one attached hydrogen (secondary N) is 3.